The number of ether oxygens (including phenoxy) is 1. The second kappa shape index (κ2) is 5.61. The van der Waals surface area contributed by atoms with Crippen LogP contribution in [0.3, 0.4) is 0 Å². The number of aryl methyl sites for hydroxylation is 1. The molecule has 1 aromatic rings. The Hall–Kier alpha value is -1.22. The lowest BCUT2D eigenvalue weighted by Gasteiger charge is -2.17. The van der Waals surface area contributed by atoms with Gasteiger partial charge in [-0.1, -0.05) is 0 Å². The zero-order valence-corrected chi connectivity index (χ0v) is 11.9. The molecule has 2 atom stereocenters. The zero-order chi connectivity index (χ0) is 13.1. The zero-order valence-electron chi connectivity index (χ0n) is 11.9. The second-order valence-electron chi connectivity index (χ2n) is 5.28. The molecule has 18 heavy (non-hydrogen) atoms. The quantitative estimate of drug-likeness (QED) is 0.886. The molecule has 0 aliphatic carbocycles. The lowest BCUT2D eigenvalue weighted by molar-refractivity contribution is 0.330. The summed E-state index contributed by atoms with van der Waals surface area (Å²) in [5, 5.41) is 3.64. The van der Waals surface area contributed by atoms with Crippen molar-refractivity contribution in [2.45, 2.75) is 39.3 Å². The van der Waals surface area contributed by atoms with Gasteiger partial charge in [0.1, 0.15) is 5.75 Å². The van der Waals surface area contributed by atoms with Gasteiger partial charge in [-0.15, -0.1) is 0 Å². The highest BCUT2D eigenvalue weighted by molar-refractivity contribution is 5.54. The minimum atomic E-state index is 0.557. The summed E-state index contributed by atoms with van der Waals surface area (Å²) >= 11 is 0. The predicted octanol–water partition coefficient (Wildman–Crippen LogP) is 2.90. The van der Waals surface area contributed by atoms with Gasteiger partial charge >= 0.3 is 0 Å². The number of hydrogen-bond acceptors (Lipinski definition) is 3. The first-order valence-corrected chi connectivity index (χ1v) is 6.80. The maximum atomic E-state index is 5.51. The fourth-order valence-electron chi connectivity index (χ4n) is 2.57. The Morgan fingerprint density at radius 2 is 2.22 bits per heavy atom. The highest BCUT2D eigenvalue weighted by atomic mass is 16.5. The maximum Gasteiger partial charge on any atom is 0.119 e. The van der Waals surface area contributed by atoms with Crippen LogP contribution in [-0.2, 0) is 0 Å². The molecule has 1 aliphatic rings. The van der Waals surface area contributed by atoms with Gasteiger partial charge in [-0.2, -0.15) is 0 Å². The van der Waals surface area contributed by atoms with E-state index >= 15 is 0 Å². The molecule has 0 spiro atoms. The van der Waals surface area contributed by atoms with E-state index in [0.717, 1.165) is 18.9 Å². The van der Waals surface area contributed by atoms with Gasteiger partial charge in [-0.3, -0.25) is 0 Å². The van der Waals surface area contributed by atoms with E-state index in [4.69, 9.17) is 4.74 Å². The van der Waals surface area contributed by atoms with Crippen LogP contribution in [0.15, 0.2) is 18.2 Å². The van der Waals surface area contributed by atoms with E-state index in [9.17, 15) is 0 Å². The Bertz CT molecular complexity index is 395. The predicted molar refractivity (Wildman–Crippen MR) is 76.5 cm³/mol. The van der Waals surface area contributed by atoms with Crippen molar-refractivity contribution < 1.29 is 4.74 Å². The molecule has 2 rings (SSSR count). The molecule has 1 aromatic carbocycles. The van der Waals surface area contributed by atoms with Gasteiger partial charge in [0.25, 0.3) is 0 Å². The first-order chi connectivity index (χ1) is 8.60. The van der Waals surface area contributed by atoms with Crippen molar-refractivity contribution >= 4 is 5.69 Å². The Morgan fingerprint density at radius 3 is 2.78 bits per heavy atom. The summed E-state index contributed by atoms with van der Waals surface area (Å²) < 4.78 is 5.51. The molecule has 3 nitrogen and oxygen atoms in total. The summed E-state index contributed by atoms with van der Waals surface area (Å²) in [6.45, 7) is 8.27. The van der Waals surface area contributed by atoms with Gasteiger partial charge in [-0.05, 0) is 58.0 Å². The number of benzene rings is 1. The van der Waals surface area contributed by atoms with Crippen molar-refractivity contribution in [2.75, 3.05) is 25.5 Å². The lowest BCUT2D eigenvalue weighted by atomic mass is 10.1. The van der Waals surface area contributed by atoms with E-state index in [0.29, 0.717) is 12.1 Å². The van der Waals surface area contributed by atoms with E-state index in [1.165, 1.54) is 17.7 Å². The monoisotopic (exact) mass is 248 g/mol. The third-order valence-corrected chi connectivity index (χ3v) is 3.75. The largest absolute Gasteiger partial charge is 0.494 e. The molecule has 0 aromatic heterocycles. The van der Waals surface area contributed by atoms with Crippen molar-refractivity contribution in [2.24, 2.45) is 0 Å². The Morgan fingerprint density at radius 1 is 1.44 bits per heavy atom. The van der Waals surface area contributed by atoms with E-state index in [1.807, 2.05) is 13.0 Å². The van der Waals surface area contributed by atoms with Crippen molar-refractivity contribution in [1.82, 2.24) is 4.90 Å². The fourth-order valence-corrected chi connectivity index (χ4v) is 2.57. The average Bonchev–Trinajstić information content (AvgIpc) is 2.62. The molecule has 1 fully saturated rings. The summed E-state index contributed by atoms with van der Waals surface area (Å²) in [7, 11) is 2.19. The lowest BCUT2D eigenvalue weighted by Crippen LogP contribution is -2.25. The van der Waals surface area contributed by atoms with E-state index in [2.05, 4.69) is 43.2 Å². The van der Waals surface area contributed by atoms with Crippen LogP contribution >= 0.6 is 0 Å². The van der Waals surface area contributed by atoms with Crippen molar-refractivity contribution in [1.29, 1.82) is 0 Å². The average molecular weight is 248 g/mol. The van der Waals surface area contributed by atoms with Gasteiger partial charge in [0, 0.05) is 24.3 Å². The standard InChI is InChI=1S/C15H24N2O/c1-5-18-14-6-7-15(11(2)8-14)16-13-9-12(3)17(4)10-13/h6-8,12-13,16H,5,9-10H2,1-4H3. The molecule has 1 aliphatic heterocycles. The van der Waals surface area contributed by atoms with Gasteiger partial charge in [0.05, 0.1) is 6.61 Å². The van der Waals surface area contributed by atoms with Crippen LogP contribution in [0.4, 0.5) is 5.69 Å². The molecule has 0 bridgehead atoms. The molecule has 3 heteroatoms. The maximum absolute atomic E-state index is 5.51. The van der Waals surface area contributed by atoms with Crippen molar-refractivity contribution in [3.8, 4) is 5.75 Å². The molecule has 100 valence electrons. The minimum absolute atomic E-state index is 0.557. The molecule has 0 radical (unpaired) electrons. The van der Waals surface area contributed by atoms with Crippen LogP contribution in [0.5, 0.6) is 5.75 Å². The van der Waals surface area contributed by atoms with Crippen LogP contribution in [0, 0.1) is 6.92 Å². The van der Waals surface area contributed by atoms with E-state index in [1.54, 1.807) is 0 Å². The van der Waals surface area contributed by atoms with Crippen LogP contribution in [-0.4, -0.2) is 37.2 Å². The number of likely N-dealkylation sites (tertiary alicyclic amines) is 1. The smallest absolute Gasteiger partial charge is 0.119 e. The Labute approximate surface area is 110 Å². The minimum Gasteiger partial charge on any atom is -0.494 e. The SMILES string of the molecule is CCOc1ccc(NC2CC(C)N(C)C2)c(C)c1. The topological polar surface area (TPSA) is 24.5 Å². The van der Waals surface area contributed by atoms with E-state index in [-0.39, 0.29) is 0 Å². The van der Waals surface area contributed by atoms with Crippen LogP contribution in [0.2, 0.25) is 0 Å². The number of likely N-dealkylation sites (N-methyl/N-ethyl adjacent to an activating group) is 1. The molecule has 0 saturated carbocycles. The van der Waals surface area contributed by atoms with E-state index < -0.39 is 0 Å². The normalized spacial score (nSPS) is 24.2. The highest BCUT2D eigenvalue weighted by Gasteiger charge is 2.25. The van der Waals surface area contributed by atoms with Crippen LogP contribution < -0.4 is 10.1 Å². The molecule has 1 N–H and O–H groups in total. The first kappa shape index (κ1) is 13.2. The number of nitrogens with zero attached hydrogens (tertiary/aromatic N) is 1. The van der Waals surface area contributed by atoms with Gasteiger partial charge < -0.3 is 15.0 Å². The van der Waals surface area contributed by atoms with Crippen LogP contribution in [0.1, 0.15) is 25.8 Å². The molecular weight excluding hydrogens is 224 g/mol. The Balaban J connectivity index is 2.01. The van der Waals surface area contributed by atoms with Gasteiger partial charge in [0.15, 0.2) is 0 Å². The summed E-state index contributed by atoms with van der Waals surface area (Å²) in [5.74, 6) is 0.956. The second-order valence-corrected chi connectivity index (χ2v) is 5.28. The highest BCUT2D eigenvalue weighted by Crippen LogP contribution is 2.25. The molecule has 2 unspecified atom stereocenters. The molecular formula is C15H24N2O. The number of hydrogen-bond donors (Lipinski definition) is 1. The third-order valence-electron chi connectivity index (χ3n) is 3.75. The number of rotatable bonds is 4. The molecule has 0 amide bonds. The molecule has 1 heterocycles. The van der Waals surface area contributed by atoms with Crippen molar-refractivity contribution in [3.05, 3.63) is 23.8 Å². The van der Waals surface area contributed by atoms with Gasteiger partial charge in [0.2, 0.25) is 0 Å². The Kier molecular flexibility index (Phi) is 4.12. The number of anilines is 1. The number of nitrogens with one attached hydrogen (secondary N) is 1. The summed E-state index contributed by atoms with van der Waals surface area (Å²) in [4.78, 5) is 2.40. The van der Waals surface area contributed by atoms with Crippen molar-refractivity contribution in [3.63, 3.8) is 0 Å². The first-order valence-electron chi connectivity index (χ1n) is 6.80. The third kappa shape index (κ3) is 2.96. The summed E-state index contributed by atoms with van der Waals surface area (Å²) in [6, 6.07) is 7.50. The summed E-state index contributed by atoms with van der Waals surface area (Å²) in [5.41, 5.74) is 2.48. The van der Waals surface area contributed by atoms with Crippen LogP contribution in [0.25, 0.3) is 0 Å². The van der Waals surface area contributed by atoms with Gasteiger partial charge in [-0.25, -0.2) is 0 Å². The summed E-state index contributed by atoms with van der Waals surface area (Å²) in [6.07, 6.45) is 1.21. The fraction of sp³-hybridized carbons (Fsp3) is 0.600. The molecule has 1 saturated heterocycles.